The lowest BCUT2D eigenvalue weighted by atomic mass is 9.64. The second-order valence-corrected chi connectivity index (χ2v) is 8.95. The Bertz CT molecular complexity index is 1120. The molecule has 3 aromatic carbocycles. The minimum Gasteiger partial charge on any atom is -0.493 e. The summed E-state index contributed by atoms with van der Waals surface area (Å²) in [6.07, 6.45) is 1.95. The summed E-state index contributed by atoms with van der Waals surface area (Å²) in [5.74, 6) is 0.523. The maximum Gasteiger partial charge on any atom is 0.232 e. The van der Waals surface area contributed by atoms with Gasteiger partial charge in [-0.1, -0.05) is 72.8 Å². The zero-order valence-corrected chi connectivity index (χ0v) is 18.6. The summed E-state index contributed by atoms with van der Waals surface area (Å²) in [6.45, 7) is 1.82. The van der Waals surface area contributed by atoms with Gasteiger partial charge in [-0.3, -0.25) is 9.59 Å². The summed E-state index contributed by atoms with van der Waals surface area (Å²) in [6, 6.07) is 25.5. The molecule has 0 aliphatic carbocycles. The minimum atomic E-state index is -0.984. The van der Waals surface area contributed by atoms with Crippen molar-refractivity contribution in [2.45, 2.75) is 24.7 Å². The molecule has 33 heavy (non-hydrogen) atoms. The van der Waals surface area contributed by atoms with Crippen LogP contribution in [0.2, 0.25) is 0 Å². The molecule has 2 heterocycles. The molecule has 1 fully saturated rings. The molecule has 5 rings (SSSR count). The lowest BCUT2D eigenvalue weighted by molar-refractivity contribution is -0.130. The molecule has 5 nitrogen and oxygen atoms in total. The predicted octanol–water partition coefficient (Wildman–Crippen LogP) is 3.48. The van der Waals surface area contributed by atoms with Crippen LogP contribution in [-0.2, 0) is 27.8 Å². The zero-order valence-electron chi connectivity index (χ0n) is 18.6. The maximum absolute atomic E-state index is 13.2. The highest BCUT2D eigenvalue weighted by Gasteiger charge is 2.50. The fraction of sp³-hybridized carbons (Fsp3) is 0.286. The molecule has 2 aliphatic heterocycles. The Hall–Kier alpha value is -3.60. The van der Waals surface area contributed by atoms with Crippen LogP contribution in [0, 0.1) is 5.92 Å². The molecule has 3 aromatic rings. The van der Waals surface area contributed by atoms with Gasteiger partial charge < -0.3 is 15.4 Å². The van der Waals surface area contributed by atoms with Crippen molar-refractivity contribution in [3.63, 3.8) is 0 Å². The van der Waals surface area contributed by atoms with E-state index in [1.165, 1.54) is 5.56 Å². The van der Waals surface area contributed by atoms with Crippen molar-refractivity contribution in [1.29, 1.82) is 0 Å². The molecule has 0 spiro atoms. The third kappa shape index (κ3) is 3.78. The smallest absolute Gasteiger partial charge is 0.232 e. The van der Waals surface area contributed by atoms with E-state index >= 15 is 0 Å². The average Bonchev–Trinajstić information content (AvgIpc) is 3.51. The third-order valence-electron chi connectivity index (χ3n) is 7.11. The van der Waals surface area contributed by atoms with Crippen LogP contribution in [0.25, 0.3) is 0 Å². The first kappa shape index (κ1) is 21.3. The summed E-state index contributed by atoms with van der Waals surface area (Å²) in [5, 5.41) is 0. The molecule has 0 radical (unpaired) electrons. The molecular weight excluding hydrogens is 412 g/mol. The van der Waals surface area contributed by atoms with Crippen LogP contribution in [-0.4, -0.2) is 36.4 Å². The van der Waals surface area contributed by atoms with E-state index < -0.39 is 5.41 Å². The van der Waals surface area contributed by atoms with Crippen molar-refractivity contribution >= 4 is 11.8 Å². The lowest BCUT2D eigenvalue weighted by Gasteiger charge is -2.37. The fourth-order valence-electron chi connectivity index (χ4n) is 5.50. The number of carbonyl (C=O) groups excluding carboxylic acids is 2. The third-order valence-corrected chi connectivity index (χ3v) is 7.11. The predicted molar refractivity (Wildman–Crippen MR) is 127 cm³/mol. The van der Waals surface area contributed by atoms with E-state index in [4.69, 9.17) is 10.5 Å². The lowest BCUT2D eigenvalue weighted by Crippen LogP contribution is -2.49. The summed E-state index contributed by atoms with van der Waals surface area (Å²) < 4.78 is 5.58. The molecule has 0 saturated carbocycles. The van der Waals surface area contributed by atoms with Gasteiger partial charge in [0.1, 0.15) is 11.2 Å². The summed E-state index contributed by atoms with van der Waals surface area (Å²) in [4.78, 5) is 28.3. The Kier molecular flexibility index (Phi) is 5.63. The topological polar surface area (TPSA) is 72.6 Å². The number of fused-ring (bicyclic) bond motifs is 1. The Morgan fingerprint density at radius 1 is 0.970 bits per heavy atom. The minimum absolute atomic E-state index is 0.0795. The Morgan fingerprint density at radius 3 is 2.27 bits per heavy atom. The summed E-state index contributed by atoms with van der Waals surface area (Å²) >= 11 is 0. The van der Waals surface area contributed by atoms with Gasteiger partial charge in [0.2, 0.25) is 11.8 Å². The standard InChI is InChI=1S/C28H28N2O3/c29-27(32)28(22-7-3-1-4-8-22,23-9-5-2-6-10-23)24-13-15-30(19-24)26(31)18-20-11-12-25-21(17-20)14-16-33-25/h1-12,17,24H,13-16,18-19H2,(H2,29,32)/t24-/m1/s1. The number of benzene rings is 3. The van der Waals surface area contributed by atoms with Crippen molar-refractivity contribution in [2.75, 3.05) is 19.7 Å². The number of rotatable bonds is 6. The monoisotopic (exact) mass is 440 g/mol. The molecule has 168 valence electrons. The number of primary amides is 1. The Morgan fingerprint density at radius 2 is 1.64 bits per heavy atom. The SMILES string of the molecule is NC(=O)C(c1ccccc1)(c1ccccc1)[C@@H]1CCN(C(=O)Cc2ccc3c(c2)CCO3)C1. The summed E-state index contributed by atoms with van der Waals surface area (Å²) in [5.41, 5.74) is 9.09. The molecule has 2 amide bonds. The van der Waals surface area contributed by atoms with E-state index in [0.29, 0.717) is 26.1 Å². The first-order chi connectivity index (χ1) is 16.1. The largest absolute Gasteiger partial charge is 0.493 e. The van der Waals surface area contributed by atoms with Crippen molar-refractivity contribution < 1.29 is 14.3 Å². The van der Waals surface area contributed by atoms with Crippen LogP contribution in [0.4, 0.5) is 0 Å². The van der Waals surface area contributed by atoms with Gasteiger partial charge in [0, 0.05) is 25.4 Å². The van der Waals surface area contributed by atoms with Crippen LogP contribution in [0.1, 0.15) is 28.7 Å². The van der Waals surface area contributed by atoms with Crippen LogP contribution in [0.3, 0.4) is 0 Å². The van der Waals surface area contributed by atoms with Gasteiger partial charge in [-0.25, -0.2) is 0 Å². The van der Waals surface area contributed by atoms with Crippen LogP contribution >= 0.6 is 0 Å². The first-order valence-corrected chi connectivity index (χ1v) is 11.5. The number of carbonyl (C=O) groups is 2. The van der Waals surface area contributed by atoms with E-state index in [9.17, 15) is 9.59 Å². The zero-order chi connectivity index (χ0) is 22.8. The van der Waals surface area contributed by atoms with Gasteiger partial charge in [0.05, 0.1) is 13.0 Å². The molecule has 1 saturated heterocycles. The quantitative estimate of drug-likeness (QED) is 0.638. The van der Waals surface area contributed by atoms with Crippen molar-refractivity contribution in [3.8, 4) is 5.75 Å². The number of amides is 2. The van der Waals surface area contributed by atoms with E-state index in [0.717, 1.165) is 35.3 Å². The van der Waals surface area contributed by atoms with Crippen molar-refractivity contribution in [2.24, 2.45) is 11.7 Å². The molecule has 0 bridgehead atoms. The molecule has 0 aromatic heterocycles. The molecule has 0 unspecified atom stereocenters. The number of hydrogen-bond acceptors (Lipinski definition) is 3. The average molecular weight is 441 g/mol. The van der Waals surface area contributed by atoms with Crippen molar-refractivity contribution in [1.82, 2.24) is 4.90 Å². The van der Waals surface area contributed by atoms with Gasteiger partial charge in [0.25, 0.3) is 0 Å². The normalized spacial score (nSPS) is 17.5. The van der Waals surface area contributed by atoms with Gasteiger partial charge in [-0.2, -0.15) is 0 Å². The van der Waals surface area contributed by atoms with E-state index in [2.05, 4.69) is 6.07 Å². The molecular formula is C28H28N2O3. The molecule has 1 atom stereocenters. The second kappa shape index (κ2) is 8.74. The molecule has 2 aliphatic rings. The number of hydrogen-bond donors (Lipinski definition) is 1. The number of nitrogens with two attached hydrogens (primary N) is 1. The van der Waals surface area contributed by atoms with Crippen LogP contribution in [0.5, 0.6) is 5.75 Å². The summed E-state index contributed by atoms with van der Waals surface area (Å²) in [7, 11) is 0. The van der Waals surface area contributed by atoms with Gasteiger partial charge in [-0.15, -0.1) is 0 Å². The van der Waals surface area contributed by atoms with Crippen LogP contribution < -0.4 is 10.5 Å². The first-order valence-electron chi connectivity index (χ1n) is 11.5. The Labute approximate surface area is 194 Å². The molecule has 5 heteroatoms. The molecule has 2 N–H and O–H groups in total. The fourth-order valence-corrected chi connectivity index (χ4v) is 5.50. The number of likely N-dealkylation sites (tertiary alicyclic amines) is 1. The highest BCUT2D eigenvalue weighted by molar-refractivity contribution is 5.91. The Balaban J connectivity index is 1.42. The highest BCUT2D eigenvalue weighted by atomic mass is 16.5. The van der Waals surface area contributed by atoms with E-state index in [1.54, 1.807) is 0 Å². The van der Waals surface area contributed by atoms with E-state index in [-0.39, 0.29) is 17.7 Å². The van der Waals surface area contributed by atoms with Gasteiger partial charge >= 0.3 is 0 Å². The van der Waals surface area contributed by atoms with Crippen molar-refractivity contribution in [3.05, 3.63) is 101 Å². The van der Waals surface area contributed by atoms with Gasteiger partial charge in [0.15, 0.2) is 0 Å². The highest BCUT2D eigenvalue weighted by Crippen LogP contribution is 2.43. The van der Waals surface area contributed by atoms with E-state index in [1.807, 2.05) is 77.7 Å². The second-order valence-electron chi connectivity index (χ2n) is 8.95. The van der Waals surface area contributed by atoms with Gasteiger partial charge in [-0.05, 0) is 34.7 Å². The number of ether oxygens (including phenoxy) is 1. The maximum atomic E-state index is 13.2. The van der Waals surface area contributed by atoms with Crippen LogP contribution in [0.15, 0.2) is 78.9 Å². The number of nitrogens with zero attached hydrogens (tertiary/aromatic N) is 1.